The number of carbonyl (C=O) groups is 1. The lowest BCUT2D eigenvalue weighted by atomic mass is 9.91. The lowest BCUT2D eigenvalue weighted by Crippen LogP contribution is -2.26. The number of carboxylic acid groups (broad SMARTS) is 1. The SMILES string of the molecule is CN1CCC(=C2c3cc(SCC(=O)O)ccc3OCc3ccsc32)CC1.Cl. The van der Waals surface area contributed by atoms with Crippen molar-refractivity contribution in [1.82, 2.24) is 4.90 Å². The third kappa shape index (κ3) is 4.35. The molecule has 1 fully saturated rings. The standard InChI is InChI=1S/C20H21NO3S2.ClH/c1-21-7-4-13(5-8-21)19-16-10-15(26-12-18(22)23)2-3-17(16)24-11-14-6-9-25-20(14)19;/h2-3,6,9-10H,4-5,7-8,11-12H2,1H3,(H,22,23);1H. The molecule has 1 saturated heterocycles. The maximum absolute atomic E-state index is 10.9. The fourth-order valence-corrected chi connectivity index (χ4v) is 5.18. The zero-order valence-electron chi connectivity index (χ0n) is 15.1. The van der Waals surface area contributed by atoms with Crippen LogP contribution >= 0.6 is 35.5 Å². The van der Waals surface area contributed by atoms with Crippen LogP contribution in [0.5, 0.6) is 5.75 Å². The molecule has 27 heavy (non-hydrogen) atoms. The van der Waals surface area contributed by atoms with Gasteiger partial charge in [0, 0.05) is 39.6 Å². The van der Waals surface area contributed by atoms with Gasteiger partial charge in [-0.05, 0) is 49.5 Å². The van der Waals surface area contributed by atoms with Crippen molar-refractivity contribution >= 4 is 47.0 Å². The summed E-state index contributed by atoms with van der Waals surface area (Å²) in [5.74, 6) is 0.172. The first kappa shape index (κ1) is 20.3. The second-order valence-corrected chi connectivity index (χ2v) is 8.65. The quantitative estimate of drug-likeness (QED) is 0.721. The summed E-state index contributed by atoms with van der Waals surface area (Å²) in [6.07, 6.45) is 2.13. The number of halogens is 1. The lowest BCUT2D eigenvalue weighted by molar-refractivity contribution is -0.133. The third-order valence-corrected chi connectivity index (χ3v) is 6.84. The molecule has 144 valence electrons. The average Bonchev–Trinajstić information content (AvgIpc) is 3.03. The summed E-state index contributed by atoms with van der Waals surface area (Å²) >= 11 is 3.13. The third-order valence-electron chi connectivity index (χ3n) is 4.88. The van der Waals surface area contributed by atoms with Crippen molar-refractivity contribution in [2.24, 2.45) is 0 Å². The predicted molar refractivity (Wildman–Crippen MR) is 113 cm³/mol. The first-order chi connectivity index (χ1) is 12.6. The van der Waals surface area contributed by atoms with Gasteiger partial charge in [0.05, 0.1) is 5.75 Å². The van der Waals surface area contributed by atoms with E-state index in [1.807, 2.05) is 12.1 Å². The van der Waals surface area contributed by atoms with Crippen LogP contribution < -0.4 is 4.74 Å². The number of rotatable bonds is 3. The summed E-state index contributed by atoms with van der Waals surface area (Å²) in [7, 11) is 2.17. The number of thioether (sulfide) groups is 1. The number of nitrogens with zero attached hydrogens (tertiary/aromatic N) is 1. The number of piperidine rings is 1. The highest BCUT2D eigenvalue weighted by atomic mass is 35.5. The molecule has 1 aromatic heterocycles. The van der Waals surface area contributed by atoms with Crippen LogP contribution in [0.1, 0.15) is 28.8 Å². The van der Waals surface area contributed by atoms with E-state index in [1.165, 1.54) is 33.3 Å². The van der Waals surface area contributed by atoms with Gasteiger partial charge in [-0.3, -0.25) is 4.79 Å². The Balaban J connectivity index is 0.00000210. The summed E-state index contributed by atoms with van der Waals surface area (Å²) in [6.45, 7) is 2.73. The van der Waals surface area contributed by atoms with Crippen LogP contribution in [-0.4, -0.2) is 41.9 Å². The van der Waals surface area contributed by atoms with Gasteiger partial charge in [0.2, 0.25) is 0 Å². The molecule has 0 spiro atoms. The molecule has 0 saturated carbocycles. The van der Waals surface area contributed by atoms with Gasteiger partial charge in [-0.25, -0.2) is 0 Å². The molecule has 4 nitrogen and oxygen atoms in total. The fourth-order valence-electron chi connectivity index (χ4n) is 3.50. The van der Waals surface area contributed by atoms with Gasteiger partial charge in [-0.2, -0.15) is 0 Å². The van der Waals surface area contributed by atoms with Crippen molar-refractivity contribution in [2.75, 3.05) is 25.9 Å². The second kappa shape index (κ2) is 8.69. The van der Waals surface area contributed by atoms with E-state index in [9.17, 15) is 4.79 Å². The molecule has 0 radical (unpaired) electrons. The Kier molecular flexibility index (Phi) is 6.52. The fraction of sp³-hybridized carbons (Fsp3) is 0.350. The number of fused-ring (bicyclic) bond motifs is 2. The average molecular weight is 424 g/mol. The molecule has 0 aliphatic carbocycles. The number of ether oxygens (including phenoxy) is 1. The van der Waals surface area contributed by atoms with Crippen LogP contribution in [-0.2, 0) is 11.4 Å². The smallest absolute Gasteiger partial charge is 0.313 e. The topological polar surface area (TPSA) is 49.8 Å². The number of hydrogen-bond acceptors (Lipinski definition) is 5. The molecular formula is C20H22ClNO3S2. The van der Waals surface area contributed by atoms with E-state index in [0.717, 1.165) is 42.1 Å². The van der Waals surface area contributed by atoms with E-state index in [2.05, 4.69) is 29.5 Å². The van der Waals surface area contributed by atoms with Crippen molar-refractivity contribution < 1.29 is 14.6 Å². The van der Waals surface area contributed by atoms with Gasteiger partial charge in [0.25, 0.3) is 0 Å². The molecule has 2 aromatic rings. The van der Waals surface area contributed by atoms with E-state index in [0.29, 0.717) is 6.61 Å². The Morgan fingerprint density at radius 2 is 2.07 bits per heavy atom. The zero-order chi connectivity index (χ0) is 18.1. The first-order valence-corrected chi connectivity index (χ1v) is 10.6. The molecule has 0 amide bonds. The van der Waals surface area contributed by atoms with Crippen molar-refractivity contribution in [1.29, 1.82) is 0 Å². The Morgan fingerprint density at radius 3 is 2.81 bits per heavy atom. The van der Waals surface area contributed by atoms with E-state index < -0.39 is 5.97 Å². The van der Waals surface area contributed by atoms with Crippen LogP contribution in [0.4, 0.5) is 0 Å². The Morgan fingerprint density at radius 1 is 1.30 bits per heavy atom. The molecule has 0 unspecified atom stereocenters. The lowest BCUT2D eigenvalue weighted by Gasteiger charge is -2.26. The number of aliphatic carboxylic acids is 1. The van der Waals surface area contributed by atoms with Crippen molar-refractivity contribution in [3.05, 3.63) is 51.2 Å². The van der Waals surface area contributed by atoms with Crippen molar-refractivity contribution in [3.63, 3.8) is 0 Å². The molecule has 2 aliphatic heterocycles. The van der Waals surface area contributed by atoms with Crippen molar-refractivity contribution in [3.8, 4) is 5.75 Å². The minimum Gasteiger partial charge on any atom is -0.488 e. The number of thiophene rings is 1. The van der Waals surface area contributed by atoms with Crippen molar-refractivity contribution in [2.45, 2.75) is 24.3 Å². The highest BCUT2D eigenvalue weighted by molar-refractivity contribution is 8.00. The number of hydrogen-bond donors (Lipinski definition) is 1. The van der Waals surface area contributed by atoms with Crippen LogP contribution in [0, 0.1) is 0 Å². The summed E-state index contributed by atoms with van der Waals surface area (Å²) in [5, 5.41) is 11.1. The first-order valence-electron chi connectivity index (χ1n) is 8.71. The minimum absolute atomic E-state index is 0. The Labute approximate surface area is 173 Å². The summed E-state index contributed by atoms with van der Waals surface area (Å²) in [4.78, 5) is 15.6. The zero-order valence-corrected chi connectivity index (χ0v) is 17.5. The number of carboxylic acids is 1. The van der Waals surface area contributed by atoms with E-state index in [4.69, 9.17) is 9.84 Å². The summed E-state index contributed by atoms with van der Waals surface area (Å²) in [6, 6.07) is 8.22. The molecular weight excluding hydrogens is 402 g/mol. The molecule has 7 heteroatoms. The molecule has 1 N–H and O–H groups in total. The van der Waals surface area contributed by atoms with Crippen LogP contribution in [0.3, 0.4) is 0 Å². The van der Waals surface area contributed by atoms with Gasteiger partial charge < -0.3 is 14.7 Å². The van der Waals surface area contributed by atoms with Gasteiger partial charge in [0.1, 0.15) is 12.4 Å². The maximum atomic E-state index is 10.9. The largest absolute Gasteiger partial charge is 0.488 e. The number of benzene rings is 1. The van der Waals surface area contributed by atoms with Gasteiger partial charge >= 0.3 is 5.97 Å². The minimum atomic E-state index is -0.796. The Bertz CT molecular complexity index is 868. The van der Waals surface area contributed by atoms with E-state index in [-0.39, 0.29) is 18.2 Å². The molecule has 4 rings (SSSR count). The predicted octanol–water partition coefficient (Wildman–Crippen LogP) is 4.77. The highest BCUT2D eigenvalue weighted by Crippen LogP contribution is 2.44. The molecule has 0 bridgehead atoms. The summed E-state index contributed by atoms with van der Waals surface area (Å²) < 4.78 is 6.09. The van der Waals surface area contributed by atoms with Gasteiger partial charge in [-0.1, -0.05) is 5.57 Å². The maximum Gasteiger partial charge on any atom is 0.313 e. The number of likely N-dealkylation sites (tertiary alicyclic amines) is 1. The van der Waals surface area contributed by atoms with E-state index >= 15 is 0 Å². The molecule has 0 atom stereocenters. The van der Waals surface area contributed by atoms with Gasteiger partial charge in [-0.15, -0.1) is 35.5 Å². The van der Waals surface area contributed by atoms with Crippen LogP contribution in [0.15, 0.2) is 40.1 Å². The Hall–Kier alpha value is -1.47. The monoisotopic (exact) mass is 423 g/mol. The second-order valence-electron chi connectivity index (χ2n) is 6.69. The van der Waals surface area contributed by atoms with E-state index in [1.54, 1.807) is 11.3 Å². The highest BCUT2D eigenvalue weighted by Gasteiger charge is 2.25. The molecule has 1 aromatic carbocycles. The summed E-state index contributed by atoms with van der Waals surface area (Å²) in [5.41, 5.74) is 5.15. The van der Waals surface area contributed by atoms with Crippen LogP contribution in [0.2, 0.25) is 0 Å². The molecule has 3 heterocycles. The normalized spacial score (nSPS) is 16.6. The molecule has 2 aliphatic rings. The van der Waals surface area contributed by atoms with Crippen LogP contribution in [0.25, 0.3) is 5.57 Å². The van der Waals surface area contributed by atoms with Gasteiger partial charge in [0.15, 0.2) is 0 Å².